The summed E-state index contributed by atoms with van der Waals surface area (Å²) in [7, 11) is 0. The van der Waals surface area contributed by atoms with Crippen molar-refractivity contribution in [3.63, 3.8) is 0 Å². The molecule has 0 atom stereocenters. The minimum atomic E-state index is -0.981. The van der Waals surface area contributed by atoms with E-state index in [9.17, 15) is 9.59 Å². The Bertz CT molecular complexity index is 162. The van der Waals surface area contributed by atoms with Crippen molar-refractivity contribution < 1.29 is 19.8 Å². The minimum Gasteiger partial charge on any atom is -0.478 e. The summed E-state index contributed by atoms with van der Waals surface area (Å²) in [6, 6.07) is 0. The molecular weight excluding hydrogens is 184 g/mol. The molecule has 2 N–H and O–H groups in total. The Balaban J connectivity index is -0.000000131. The average molecular weight is 202 g/mol. The van der Waals surface area contributed by atoms with Crippen molar-refractivity contribution in [2.75, 3.05) is 0 Å². The van der Waals surface area contributed by atoms with Crippen LogP contribution in [0.3, 0.4) is 0 Å². The van der Waals surface area contributed by atoms with Crippen molar-refractivity contribution in [2.45, 2.75) is 20.8 Å². The van der Waals surface area contributed by atoms with Crippen LogP contribution in [0.1, 0.15) is 20.8 Å². The van der Waals surface area contributed by atoms with Crippen LogP contribution in [0.2, 0.25) is 0 Å². The van der Waals surface area contributed by atoms with E-state index in [1.54, 1.807) is 0 Å². The van der Waals surface area contributed by atoms with Crippen LogP contribution in [-0.2, 0) is 9.59 Å². The van der Waals surface area contributed by atoms with Crippen LogP contribution in [-0.4, -0.2) is 22.2 Å². The molecule has 0 heterocycles. The maximum Gasteiger partial charge on any atom is 0.327 e. The first kappa shape index (κ1) is 18.3. The fourth-order valence-corrected chi connectivity index (χ4v) is 0. The van der Waals surface area contributed by atoms with E-state index in [-0.39, 0.29) is 0 Å². The maximum absolute atomic E-state index is 9.25. The second kappa shape index (κ2) is 14.0. The molecule has 0 bridgehead atoms. The number of carboxylic acids is 2. The number of carbonyl (C=O) groups is 2. The molecule has 0 aromatic heterocycles. The molecule has 0 spiro atoms. The molecule has 0 aromatic rings. The van der Waals surface area contributed by atoms with E-state index in [0.29, 0.717) is 0 Å². The molecule has 0 rings (SSSR count). The van der Waals surface area contributed by atoms with E-state index in [2.05, 4.69) is 33.9 Å². The van der Waals surface area contributed by atoms with Gasteiger partial charge in [-0.1, -0.05) is 33.9 Å². The van der Waals surface area contributed by atoms with Crippen LogP contribution >= 0.6 is 0 Å². The second-order valence-electron chi connectivity index (χ2n) is 2.82. The Morgan fingerprint density at radius 2 is 1.07 bits per heavy atom. The number of aliphatic carboxylic acids is 2. The lowest BCUT2D eigenvalue weighted by molar-refractivity contribution is -0.132. The van der Waals surface area contributed by atoms with Gasteiger partial charge in [0.05, 0.1) is 0 Å². The molecule has 0 aliphatic rings. The predicted molar refractivity (Wildman–Crippen MR) is 56.2 cm³/mol. The van der Waals surface area contributed by atoms with Gasteiger partial charge in [0.1, 0.15) is 0 Å². The second-order valence-corrected chi connectivity index (χ2v) is 2.82. The van der Waals surface area contributed by atoms with Gasteiger partial charge in [0.15, 0.2) is 0 Å². The molecule has 0 aliphatic heterocycles. The smallest absolute Gasteiger partial charge is 0.327 e. The normalized spacial score (nSPS) is 7.14. The van der Waals surface area contributed by atoms with Crippen molar-refractivity contribution in [1.29, 1.82) is 0 Å². The van der Waals surface area contributed by atoms with Gasteiger partial charge in [-0.3, -0.25) is 0 Å². The molecule has 0 aromatic carbocycles. The van der Waals surface area contributed by atoms with Gasteiger partial charge in [-0.25, -0.2) is 9.59 Å². The van der Waals surface area contributed by atoms with Gasteiger partial charge in [-0.2, -0.15) is 0 Å². The van der Waals surface area contributed by atoms with Crippen molar-refractivity contribution >= 4 is 11.9 Å². The van der Waals surface area contributed by atoms with Gasteiger partial charge in [0.25, 0.3) is 0 Å². The van der Waals surface area contributed by atoms with Crippen LogP contribution < -0.4 is 0 Å². The standard InChI is InChI=1S/C4H10.2C3H4O2/c1-4(2)3;2*1-2-3(4)5/h4H,1-3H3;2*2H,1H2,(H,4,5). The van der Waals surface area contributed by atoms with Crippen molar-refractivity contribution in [1.82, 2.24) is 0 Å². The third-order valence-corrected chi connectivity index (χ3v) is 0.349. The molecule has 0 saturated heterocycles. The van der Waals surface area contributed by atoms with E-state index < -0.39 is 11.9 Å². The summed E-state index contributed by atoms with van der Waals surface area (Å²) < 4.78 is 0. The van der Waals surface area contributed by atoms with Crippen molar-refractivity contribution in [2.24, 2.45) is 5.92 Å². The number of carboxylic acid groups (broad SMARTS) is 2. The topological polar surface area (TPSA) is 74.6 Å². The summed E-state index contributed by atoms with van der Waals surface area (Å²) in [4.78, 5) is 18.5. The zero-order valence-electron chi connectivity index (χ0n) is 8.86. The van der Waals surface area contributed by atoms with Gasteiger partial charge in [-0.15, -0.1) is 0 Å². The molecule has 4 nitrogen and oxygen atoms in total. The largest absolute Gasteiger partial charge is 0.478 e. The monoisotopic (exact) mass is 202 g/mol. The van der Waals surface area contributed by atoms with Crippen LogP contribution in [0.4, 0.5) is 0 Å². The summed E-state index contributed by atoms with van der Waals surface area (Å²) >= 11 is 0. The van der Waals surface area contributed by atoms with E-state index in [1.165, 1.54) is 0 Å². The molecule has 0 saturated carbocycles. The van der Waals surface area contributed by atoms with Crippen LogP contribution in [0.5, 0.6) is 0 Å². The highest BCUT2D eigenvalue weighted by atomic mass is 16.4. The van der Waals surface area contributed by atoms with Crippen molar-refractivity contribution in [3.8, 4) is 0 Å². The molecule has 0 unspecified atom stereocenters. The Hall–Kier alpha value is -1.58. The summed E-state index contributed by atoms with van der Waals surface area (Å²) in [6.45, 7) is 12.4. The molecule has 0 aliphatic carbocycles. The third kappa shape index (κ3) is 158. The number of hydrogen-bond acceptors (Lipinski definition) is 2. The van der Waals surface area contributed by atoms with Gasteiger partial charge >= 0.3 is 11.9 Å². The predicted octanol–water partition coefficient (Wildman–Crippen LogP) is 2.18. The summed E-state index contributed by atoms with van der Waals surface area (Å²) in [5, 5.41) is 15.2. The van der Waals surface area contributed by atoms with E-state index in [1.807, 2.05) is 0 Å². The molecule has 0 amide bonds. The minimum absolute atomic E-state index is 0.833. The quantitative estimate of drug-likeness (QED) is 0.673. The van der Waals surface area contributed by atoms with E-state index in [0.717, 1.165) is 18.1 Å². The average Bonchev–Trinajstić information content (AvgIpc) is 2.04. The highest BCUT2D eigenvalue weighted by Gasteiger charge is 1.73. The molecular formula is C10H18O4. The molecule has 4 heteroatoms. The molecule has 14 heavy (non-hydrogen) atoms. The van der Waals surface area contributed by atoms with Gasteiger partial charge in [0.2, 0.25) is 0 Å². The Kier molecular flexibility index (Phi) is 18.2. The van der Waals surface area contributed by atoms with Gasteiger partial charge in [-0.05, 0) is 5.92 Å². The first-order chi connectivity index (χ1) is 6.27. The molecule has 82 valence electrons. The lowest BCUT2D eigenvalue weighted by atomic mass is 10.3. The Labute approximate surface area is 84.6 Å². The fraction of sp³-hybridized carbons (Fsp3) is 0.400. The summed E-state index contributed by atoms with van der Waals surface area (Å²) in [6.07, 6.45) is 1.67. The zero-order valence-corrected chi connectivity index (χ0v) is 8.86. The Morgan fingerprint density at radius 3 is 1.07 bits per heavy atom. The highest BCUT2D eigenvalue weighted by molar-refractivity contribution is 5.79. The zero-order chi connectivity index (χ0) is 12.1. The first-order valence-electron chi connectivity index (χ1n) is 3.98. The number of hydrogen-bond donors (Lipinski definition) is 2. The molecule has 0 radical (unpaired) electrons. The fourth-order valence-electron chi connectivity index (χ4n) is 0. The third-order valence-electron chi connectivity index (χ3n) is 0.349. The van der Waals surface area contributed by atoms with Crippen molar-refractivity contribution in [3.05, 3.63) is 25.3 Å². The SMILES string of the molecule is C=CC(=O)O.C=CC(=O)O.CC(C)C. The summed E-state index contributed by atoms with van der Waals surface area (Å²) in [5.74, 6) is -1.13. The van der Waals surface area contributed by atoms with Crippen LogP contribution in [0, 0.1) is 5.92 Å². The highest BCUT2D eigenvalue weighted by Crippen LogP contribution is 1.81. The lowest BCUT2D eigenvalue weighted by Crippen LogP contribution is -1.82. The van der Waals surface area contributed by atoms with E-state index in [4.69, 9.17) is 10.2 Å². The Morgan fingerprint density at radius 1 is 1.00 bits per heavy atom. The first-order valence-corrected chi connectivity index (χ1v) is 3.98. The number of rotatable bonds is 2. The van der Waals surface area contributed by atoms with E-state index >= 15 is 0 Å². The summed E-state index contributed by atoms with van der Waals surface area (Å²) in [5.41, 5.74) is 0. The maximum atomic E-state index is 9.25. The lowest BCUT2D eigenvalue weighted by Gasteiger charge is -1.79. The van der Waals surface area contributed by atoms with Gasteiger partial charge < -0.3 is 10.2 Å². The van der Waals surface area contributed by atoms with Crippen LogP contribution in [0.15, 0.2) is 25.3 Å². The van der Waals surface area contributed by atoms with Crippen LogP contribution in [0.25, 0.3) is 0 Å². The molecule has 0 fully saturated rings. The van der Waals surface area contributed by atoms with Gasteiger partial charge in [0, 0.05) is 12.2 Å².